The highest BCUT2D eigenvalue weighted by Crippen LogP contribution is 2.22. The van der Waals surface area contributed by atoms with Crippen molar-refractivity contribution >= 4 is 6.29 Å². The summed E-state index contributed by atoms with van der Waals surface area (Å²) in [4.78, 5) is 10.5. The maximum absolute atomic E-state index is 10.5. The number of allylic oxidation sites excluding steroid dienone is 2. The second-order valence-electron chi connectivity index (χ2n) is 2.47. The van der Waals surface area contributed by atoms with Crippen LogP contribution in [0.15, 0.2) is 24.0 Å². The fourth-order valence-electron chi connectivity index (χ4n) is 0.992. The third kappa shape index (κ3) is 1.49. The van der Waals surface area contributed by atoms with E-state index in [1.165, 1.54) is 7.11 Å². The molecule has 0 spiro atoms. The SMILES string of the molecule is COC1(C=O)C=CC=C(O)C1. The zero-order valence-electron chi connectivity index (χ0n) is 6.28. The zero-order valence-corrected chi connectivity index (χ0v) is 6.28. The molecular weight excluding hydrogens is 144 g/mol. The van der Waals surface area contributed by atoms with Crippen molar-refractivity contribution in [1.82, 2.24) is 0 Å². The van der Waals surface area contributed by atoms with Crippen LogP contribution in [0, 0.1) is 0 Å². The summed E-state index contributed by atoms with van der Waals surface area (Å²) < 4.78 is 4.94. The number of aldehydes is 1. The Morgan fingerprint density at radius 2 is 2.55 bits per heavy atom. The van der Waals surface area contributed by atoms with Crippen LogP contribution in [0.4, 0.5) is 0 Å². The first-order valence-corrected chi connectivity index (χ1v) is 3.31. The fourth-order valence-corrected chi connectivity index (χ4v) is 0.992. The van der Waals surface area contributed by atoms with Crippen molar-refractivity contribution in [3.05, 3.63) is 24.0 Å². The molecule has 1 aliphatic carbocycles. The quantitative estimate of drug-likeness (QED) is 0.603. The lowest BCUT2D eigenvalue weighted by Crippen LogP contribution is -2.32. The maximum Gasteiger partial charge on any atom is 0.156 e. The van der Waals surface area contributed by atoms with Gasteiger partial charge in [0, 0.05) is 13.5 Å². The predicted molar refractivity (Wildman–Crippen MR) is 40.3 cm³/mol. The van der Waals surface area contributed by atoms with Crippen LogP contribution in [0.3, 0.4) is 0 Å². The molecule has 0 aromatic heterocycles. The number of ether oxygens (including phenoxy) is 1. The lowest BCUT2D eigenvalue weighted by atomic mass is 9.96. The smallest absolute Gasteiger partial charge is 0.156 e. The minimum atomic E-state index is -0.946. The lowest BCUT2D eigenvalue weighted by Gasteiger charge is -2.23. The molecule has 60 valence electrons. The summed E-state index contributed by atoms with van der Waals surface area (Å²) in [6, 6.07) is 0. The van der Waals surface area contributed by atoms with Crippen LogP contribution in [-0.2, 0) is 9.53 Å². The molecule has 0 radical (unpaired) electrons. The maximum atomic E-state index is 10.5. The van der Waals surface area contributed by atoms with Gasteiger partial charge >= 0.3 is 0 Å². The van der Waals surface area contributed by atoms with Gasteiger partial charge in [0.1, 0.15) is 5.60 Å². The molecule has 1 rings (SSSR count). The summed E-state index contributed by atoms with van der Waals surface area (Å²) in [5, 5.41) is 9.08. The molecule has 0 aliphatic heterocycles. The summed E-state index contributed by atoms with van der Waals surface area (Å²) in [5.74, 6) is 0.168. The molecule has 1 atom stereocenters. The number of aliphatic hydroxyl groups excluding tert-OH is 1. The molecule has 0 amide bonds. The number of carbonyl (C=O) groups is 1. The third-order valence-electron chi connectivity index (χ3n) is 1.70. The second-order valence-corrected chi connectivity index (χ2v) is 2.47. The Bertz CT molecular complexity index is 217. The summed E-state index contributed by atoms with van der Waals surface area (Å²) in [5.41, 5.74) is -0.946. The molecule has 11 heavy (non-hydrogen) atoms. The molecule has 0 fully saturated rings. The van der Waals surface area contributed by atoms with Crippen molar-refractivity contribution in [3.8, 4) is 0 Å². The largest absolute Gasteiger partial charge is 0.512 e. The number of methoxy groups -OCH3 is 1. The molecule has 0 bridgehead atoms. The first-order chi connectivity index (χ1) is 5.22. The van der Waals surface area contributed by atoms with Crippen molar-refractivity contribution < 1.29 is 14.6 Å². The van der Waals surface area contributed by atoms with Gasteiger partial charge in [-0.2, -0.15) is 0 Å². The molecule has 1 N–H and O–H groups in total. The Morgan fingerprint density at radius 1 is 1.82 bits per heavy atom. The summed E-state index contributed by atoms with van der Waals surface area (Å²) in [6.07, 6.45) is 5.69. The van der Waals surface area contributed by atoms with Gasteiger partial charge < -0.3 is 9.84 Å². The van der Waals surface area contributed by atoms with Gasteiger partial charge in [-0.3, -0.25) is 4.79 Å². The molecule has 3 heteroatoms. The predicted octanol–water partition coefficient (Wildman–Crippen LogP) is 0.972. The molecule has 0 aromatic rings. The number of hydrogen-bond acceptors (Lipinski definition) is 3. The van der Waals surface area contributed by atoms with Crippen LogP contribution in [0.5, 0.6) is 0 Å². The van der Waals surface area contributed by atoms with E-state index in [1.807, 2.05) is 0 Å². The van der Waals surface area contributed by atoms with Gasteiger partial charge in [0.25, 0.3) is 0 Å². The molecule has 1 unspecified atom stereocenters. The van der Waals surface area contributed by atoms with E-state index >= 15 is 0 Å². The Kier molecular flexibility index (Phi) is 2.10. The van der Waals surface area contributed by atoms with Gasteiger partial charge in [0.15, 0.2) is 6.29 Å². The topological polar surface area (TPSA) is 46.5 Å². The monoisotopic (exact) mass is 154 g/mol. The minimum absolute atomic E-state index is 0.168. The fraction of sp³-hybridized carbons (Fsp3) is 0.375. The van der Waals surface area contributed by atoms with E-state index in [4.69, 9.17) is 9.84 Å². The van der Waals surface area contributed by atoms with Crippen LogP contribution in [-0.4, -0.2) is 24.1 Å². The van der Waals surface area contributed by atoms with E-state index in [1.54, 1.807) is 18.2 Å². The first-order valence-electron chi connectivity index (χ1n) is 3.31. The van der Waals surface area contributed by atoms with E-state index in [0.29, 0.717) is 6.29 Å². The van der Waals surface area contributed by atoms with Crippen LogP contribution < -0.4 is 0 Å². The van der Waals surface area contributed by atoms with Crippen molar-refractivity contribution in [2.75, 3.05) is 7.11 Å². The third-order valence-corrected chi connectivity index (χ3v) is 1.70. The number of carbonyl (C=O) groups excluding carboxylic acids is 1. The second kappa shape index (κ2) is 2.88. The van der Waals surface area contributed by atoms with Crippen molar-refractivity contribution in [2.45, 2.75) is 12.0 Å². The van der Waals surface area contributed by atoms with Crippen LogP contribution in [0.1, 0.15) is 6.42 Å². The highest BCUT2D eigenvalue weighted by molar-refractivity contribution is 5.67. The Morgan fingerprint density at radius 3 is 2.91 bits per heavy atom. The summed E-state index contributed by atoms with van der Waals surface area (Å²) >= 11 is 0. The van der Waals surface area contributed by atoms with E-state index in [2.05, 4.69) is 0 Å². The zero-order chi connectivity index (χ0) is 8.32. The van der Waals surface area contributed by atoms with E-state index in [-0.39, 0.29) is 12.2 Å². The highest BCUT2D eigenvalue weighted by atomic mass is 16.5. The standard InChI is InChI=1S/C8H10O3/c1-11-8(6-9)4-2-3-7(10)5-8/h2-4,6,10H,5H2,1H3. The Hall–Kier alpha value is -1.09. The molecule has 0 saturated heterocycles. The van der Waals surface area contributed by atoms with E-state index in [0.717, 1.165) is 0 Å². The molecular formula is C8H10O3. The van der Waals surface area contributed by atoms with Crippen LogP contribution in [0.2, 0.25) is 0 Å². The number of hydrogen-bond donors (Lipinski definition) is 1. The average molecular weight is 154 g/mol. The van der Waals surface area contributed by atoms with E-state index in [9.17, 15) is 4.79 Å². The number of rotatable bonds is 2. The molecule has 0 heterocycles. The lowest BCUT2D eigenvalue weighted by molar-refractivity contribution is -0.123. The summed E-state index contributed by atoms with van der Waals surface area (Å²) in [7, 11) is 1.44. The van der Waals surface area contributed by atoms with Gasteiger partial charge in [0.2, 0.25) is 0 Å². The van der Waals surface area contributed by atoms with Gasteiger partial charge in [-0.05, 0) is 12.2 Å². The van der Waals surface area contributed by atoms with Crippen molar-refractivity contribution in [3.63, 3.8) is 0 Å². The van der Waals surface area contributed by atoms with Gasteiger partial charge in [-0.15, -0.1) is 0 Å². The van der Waals surface area contributed by atoms with Gasteiger partial charge in [-0.25, -0.2) is 0 Å². The normalized spacial score (nSPS) is 29.7. The van der Waals surface area contributed by atoms with Gasteiger partial charge in [0.05, 0.1) is 5.76 Å². The molecule has 0 saturated carbocycles. The minimum Gasteiger partial charge on any atom is -0.512 e. The van der Waals surface area contributed by atoms with Crippen LogP contribution >= 0.6 is 0 Å². The molecule has 0 aromatic carbocycles. The average Bonchev–Trinajstić information content (AvgIpc) is 2.04. The Labute approximate surface area is 65.0 Å². The van der Waals surface area contributed by atoms with E-state index < -0.39 is 5.60 Å². The van der Waals surface area contributed by atoms with Gasteiger partial charge in [-0.1, -0.05) is 6.08 Å². The summed E-state index contributed by atoms with van der Waals surface area (Å²) in [6.45, 7) is 0. The molecule has 1 aliphatic rings. The van der Waals surface area contributed by atoms with Crippen molar-refractivity contribution in [2.24, 2.45) is 0 Å². The number of aliphatic hydroxyl groups is 1. The van der Waals surface area contributed by atoms with Crippen molar-refractivity contribution in [1.29, 1.82) is 0 Å². The molecule has 3 nitrogen and oxygen atoms in total. The first kappa shape index (κ1) is 8.01. The van der Waals surface area contributed by atoms with Crippen LogP contribution in [0.25, 0.3) is 0 Å². The Balaban J connectivity index is 2.83. The highest BCUT2D eigenvalue weighted by Gasteiger charge is 2.29.